The van der Waals surface area contributed by atoms with Crippen molar-refractivity contribution in [1.82, 2.24) is 9.13 Å². The van der Waals surface area contributed by atoms with E-state index in [2.05, 4.69) is 197 Å². The summed E-state index contributed by atoms with van der Waals surface area (Å²) in [5.74, 6) is 0. The van der Waals surface area contributed by atoms with Gasteiger partial charge in [-0.25, -0.2) is 0 Å². The van der Waals surface area contributed by atoms with Crippen LogP contribution in [0.3, 0.4) is 0 Å². The molecule has 0 saturated heterocycles. The van der Waals surface area contributed by atoms with Crippen LogP contribution < -0.4 is 0 Å². The van der Waals surface area contributed by atoms with Crippen molar-refractivity contribution in [2.45, 2.75) is 38.5 Å². The molecule has 56 heavy (non-hydrogen) atoms. The summed E-state index contributed by atoms with van der Waals surface area (Å²) in [6.07, 6.45) is 0. The first-order valence-electron chi connectivity index (χ1n) is 20.0. The fourth-order valence-electron chi connectivity index (χ4n) is 11.1. The Morgan fingerprint density at radius 1 is 0.339 bits per heavy atom. The van der Waals surface area contributed by atoms with Gasteiger partial charge in [-0.2, -0.15) is 0 Å². The number of fused-ring (bicyclic) bond motifs is 16. The fraction of sp³-hybridized carbons (Fsp3) is 0.148. The largest absolute Gasteiger partial charge is 0.344 e. The molecule has 0 bridgehead atoms. The van der Waals surface area contributed by atoms with Crippen molar-refractivity contribution in [1.29, 1.82) is 0 Å². The highest BCUT2D eigenvalue weighted by atomic mass is 14.9. The Labute approximate surface area is 327 Å². The molecule has 12 rings (SSSR count). The Morgan fingerprint density at radius 2 is 0.679 bits per heavy atom. The lowest BCUT2D eigenvalue weighted by Gasteiger charge is -2.31. The average Bonchev–Trinajstić information content (AvgIpc) is 3.85. The van der Waals surface area contributed by atoms with Crippen LogP contribution in [0.5, 0.6) is 0 Å². The molecule has 2 heteroatoms. The van der Waals surface area contributed by atoms with Gasteiger partial charge in [-0.05, 0) is 126 Å². The molecule has 268 valence electrons. The number of benzene rings is 8. The monoisotopic (exact) mass is 718 g/mol. The third kappa shape index (κ3) is 3.91. The summed E-state index contributed by atoms with van der Waals surface area (Å²) < 4.78 is 4.63. The molecule has 2 aliphatic carbocycles. The Bertz CT molecular complexity index is 3150. The zero-order chi connectivity index (χ0) is 37.8. The minimum atomic E-state index is -0.195. The van der Waals surface area contributed by atoms with Crippen molar-refractivity contribution in [3.63, 3.8) is 0 Å². The smallest absolute Gasteiger partial charge is 0.0489 e. The lowest BCUT2D eigenvalue weighted by molar-refractivity contribution is 0.602. The predicted octanol–water partition coefficient (Wildman–Crippen LogP) is 14.1. The maximum atomic E-state index is 2.50. The van der Waals surface area contributed by atoms with Crippen LogP contribution in [0.25, 0.3) is 98.9 Å². The second kappa shape index (κ2) is 10.7. The van der Waals surface area contributed by atoms with Gasteiger partial charge in [0, 0.05) is 68.5 Å². The topological polar surface area (TPSA) is 9.86 Å². The Kier molecular flexibility index (Phi) is 6.09. The molecule has 2 aromatic heterocycles. The van der Waals surface area contributed by atoms with Gasteiger partial charge in [0.05, 0.1) is 0 Å². The molecule has 2 aliphatic rings. The lowest BCUT2D eigenvalue weighted by Crippen LogP contribution is -2.24. The first kappa shape index (κ1) is 31.9. The molecule has 0 amide bonds. The number of nitrogens with zero attached hydrogens (tertiary/aromatic N) is 2. The third-order valence-electron chi connectivity index (χ3n) is 13.9. The number of para-hydroxylation sites is 2. The quantitative estimate of drug-likeness (QED) is 0.168. The van der Waals surface area contributed by atoms with Crippen LogP contribution in [0, 0.1) is 0 Å². The molecule has 0 saturated carbocycles. The summed E-state index contributed by atoms with van der Waals surface area (Å²) in [6.45, 7) is 9.87. The molecule has 10 aromatic rings. The van der Waals surface area contributed by atoms with Gasteiger partial charge in [0.2, 0.25) is 0 Å². The van der Waals surface area contributed by atoms with Gasteiger partial charge in [-0.3, -0.25) is 0 Å². The summed E-state index contributed by atoms with van der Waals surface area (Å²) in [5.41, 5.74) is 21.1. The van der Waals surface area contributed by atoms with Gasteiger partial charge in [-0.1, -0.05) is 125 Å². The van der Waals surface area contributed by atoms with Crippen molar-refractivity contribution in [2.75, 3.05) is 0 Å². The predicted molar refractivity (Wildman–Crippen MR) is 238 cm³/mol. The highest BCUT2D eigenvalue weighted by Gasteiger charge is 2.47. The Hall–Kier alpha value is -6.38. The van der Waals surface area contributed by atoms with Crippen molar-refractivity contribution in [3.8, 4) is 44.5 Å². The molecular weight excluding hydrogens is 677 g/mol. The number of hydrogen-bond acceptors (Lipinski definition) is 0. The van der Waals surface area contributed by atoms with E-state index in [1.54, 1.807) is 0 Å². The van der Waals surface area contributed by atoms with E-state index in [0.29, 0.717) is 0 Å². The molecule has 0 aliphatic heterocycles. The van der Waals surface area contributed by atoms with Gasteiger partial charge in [0.15, 0.2) is 0 Å². The minimum absolute atomic E-state index is 0.195. The highest BCUT2D eigenvalue weighted by molar-refractivity contribution is 6.14. The summed E-state index contributed by atoms with van der Waals surface area (Å²) >= 11 is 0. The third-order valence-corrected chi connectivity index (χ3v) is 13.9. The first-order chi connectivity index (χ1) is 27.1. The summed E-state index contributed by atoms with van der Waals surface area (Å²) in [4.78, 5) is 0. The number of hydrogen-bond donors (Lipinski definition) is 0. The molecule has 8 aromatic carbocycles. The SMILES string of the molecule is Cn1c2ccccc2c2cc(-c3ccc4c(c3)C(C)(C)c3c5c(c6ccccc6c3-4)-c3ccc(-c4ccc6c(c4)c4ccccc4n6C)cc3C5(C)C)ccc21. The summed E-state index contributed by atoms with van der Waals surface area (Å²) in [6, 6.07) is 55.2. The van der Waals surface area contributed by atoms with Gasteiger partial charge < -0.3 is 9.13 Å². The fourth-order valence-corrected chi connectivity index (χ4v) is 11.1. The summed E-state index contributed by atoms with van der Waals surface area (Å²) in [7, 11) is 4.35. The van der Waals surface area contributed by atoms with Gasteiger partial charge in [0.1, 0.15) is 0 Å². The zero-order valence-corrected chi connectivity index (χ0v) is 32.8. The van der Waals surface area contributed by atoms with Crippen LogP contribution in [-0.4, -0.2) is 9.13 Å². The molecule has 0 spiro atoms. The second-order valence-corrected chi connectivity index (χ2v) is 17.4. The van der Waals surface area contributed by atoms with Gasteiger partial charge in [-0.15, -0.1) is 0 Å². The molecule has 0 fully saturated rings. The van der Waals surface area contributed by atoms with E-state index < -0.39 is 0 Å². The Balaban J connectivity index is 1.04. The molecule has 0 atom stereocenters. The zero-order valence-electron chi connectivity index (χ0n) is 32.8. The minimum Gasteiger partial charge on any atom is -0.344 e. The standard InChI is InChI=1S/C54H42N2/c1-53(2)43-29-33(31-21-25-47-41(27-31)35-13-9-11-17-45(35)55(47)5)19-23-39(43)49-37-15-7-8-16-38(37)50-40-24-20-34(30-44(40)54(3,4)52(50)51(49)53)32-22-26-48-42(28-32)36-14-10-12-18-46(36)56(48)6/h7-30H,1-6H3. The van der Waals surface area contributed by atoms with E-state index in [1.165, 1.54) is 121 Å². The lowest BCUT2D eigenvalue weighted by atomic mass is 9.71. The van der Waals surface area contributed by atoms with Gasteiger partial charge >= 0.3 is 0 Å². The first-order valence-corrected chi connectivity index (χ1v) is 20.0. The van der Waals surface area contributed by atoms with Crippen molar-refractivity contribution < 1.29 is 0 Å². The Morgan fingerprint density at radius 3 is 1.11 bits per heavy atom. The molecule has 0 unspecified atom stereocenters. The highest BCUT2D eigenvalue weighted by Crippen LogP contribution is 2.62. The maximum Gasteiger partial charge on any atom is 0.0489 e. The van der Waals surface area contributed by atoms with Crippen LogP contribution in [0.2, 0.25) is 0 Å². The maximum absolute atomic E-state index is 2.50. The number of aryl methyl sites for hydroxylation is 2. The van der Waals surface area contributed by atoms with Crippen LogP contribution in [0.4, 0.5) is 0 Å². The van der Waals surface area contributed by atoms with Crippen molar-refractivity contribution in [3.05, 3.63) is 168 Å². The van der Waals surface area contributed by atoms with Crippen LogP contribution in [0.1, 0.15) is 49.9 Å². The van der Waals surface area contributed by atoms with Gasteiger partial charge in [0.25, 0.3) is 0 Å². The number of aromatic nitrogens is 2. The van der Waals surface area contributed by atoms with E-state index in [-0.39, 0.29) is 10.8 Å². The molecule has 2 heterocycles. The number of rotatable bonds is 2. The van der Waals surface area contributed by atoms with Crippen LogP contribution in [-0.2, 0) is 24.9 Å². The van der Waals surface area contributed by atoms with Crippen LogP contribution >= 0.6 is 0 Å². The van der Waals surface area contributed by atoms with E-state index in [0.717, 1.165) is 0 Å². The van der Waals surface area contributed by atoms with E-state index in [4.69, 9.17) is 0 Å². The normalized spacial score (nSPS) is 14.9. The van der Waals surface area contributed by atoms with Crippen LogP contribution in [0.15, 0.2) is 146 Å². The molecule has 0 radical (unpaired) electrons. The van der Waals surface area contributed by atoms with E-state index >= 15 is 0 Å². The molecule has 2 nitrogen and oxygen atoms in total. The molecule has 0 N–H and O–H groups in total. The van der Waals surface area contributed by atoms with E-state index in [1.807, 2.05) is 0 Å². The van der Waals surface area contributed by atoms with E-state index in [9.17, 15) is 0 Å². The summed E-state index contributed by atoms with van der Waals surface area (Å²) in [5, 5.41) is 7.94. The van der Waals surface area contributed by atoms with Crippen molar-refractivity contribution in [2.24, 2.45) is 14.1 Å². The van der Waals surface area contributed by atoms with Crippen molar-refractivity contribution >= 4 is 54.4 Å². The second-order valence-electron chi connectivity index (χ2n) is 17.4. The average molecular weight is 719 g/mol. The molecular formula is C54H42N2.